The van der Waals surface area contributed by atoms with E-state index in [1.807, 2.05) is 0 Å². The van der Waals surface area contributed by atoms with Gasteiger partial charge in [-0.15, -0.1) is 5.10 Å². The minimum Gasteiger partial charge on any atom is -0.271 e. The van der Waals surface area contributed by atoms with Crippen LogP contribution in [0.15, 0.2) is 22.0 Å². The van der Waals surface area contributed by atoms with Crippen LogP contribution >= 0.6 is 0 Å². The van der Waals surface area contributed by atoms with Gasteiger partial charge in [0.1, 0.15) is 6.01 Å². The molecule has 0 aromatic carbocycles. The highest BCUT2D eigenvalue weighted by Gasteiger charge is 2.00. The molecule has 1 aliphatic rings. The molecule has 0 aromatic rings. The first kappa shape index (κ1) is 7.03. The van der Waals surface area contributed by atoms with Crippen molar-refractivity contribution in [3.05, 3.63) is 11.9 Å². The Kier molecular flexibility index (Phi) is 2.24. The minimum atomic E-state index is 0.641. The van der Waals surface area contributed by atoms with Crippen molar-refractivity contribution in [3.63, 3.8) is 0 Å². The van der Waals surface area contributed by atoms with E-state index in [0.29, 0.717) is 5.92 Å². The summed E-state index contributed by atoms with van der Waals surface area (Å²) < 4.78 is 0. The third-order valence-electron chi connectivity index (χ3n) is 1.16. The number of nitrogens with zero attached hydrogens (tertiary/aromatic N) is 2. The molecule has 0 saturated heterocycles. The maximum atomic E-state index is 3.77. The molecule has 0 spiro atoms. The molecule has 1 N–H and O–H groups in total. The first-order chi connectivity index (χ1) is 4.79. The SMILES string of the molecule is CC(C)CC1=CN=C=NN1. The summed E-state index contributed by atoms with van der Waals surface area (Å²) in [6, 6.07) is 2.45. The lowest BCUT2D eigenvalue weighted by Gasteiger charge is -2.07. The van der Waals surface area contributed by atoms with Gasteiger partial charge in [-0.05, 0) is 12.3 Å². The van der Waals surface area contributed by atoms with Gasteiger partial charge >= 0.3 is 0 Å². The fourth-order valence-corrected chi connectivity index (χ4v) is 0.799. The lowest BCUT2D eigenvalue weighted by molar-refractivity contribution is 0.606. The van der Waals surface area contributed by atoms with E-state index in [4.69, 9.17) is 0 Å². The lowest BCUT2D eigenvalue weighted by Crippen LogP contribution is -2.08. The zero-order valence-corrected chi connectivity index (χ0v) is 6.26. The first-order valence-corrected chi connectivity index (χ1v) is 3.38. The summed E-state index contributed by atoms with van der Waals surface area (Å²) in [6.07, 6.45) is 2.75. The Morgan fingerprint density at radius 1 is 1.70 bits per heavy atom. The fourth-order valence-electron chi connectivity index (χ4n) is 0.799. The number of allylic oxidation sites excluding steroid dienone is 1. The Balaban J connectivity index is 2.45. The van der Waals surface area contributed by atoms with Crippen molar-refractivity contribution in [2.45, 2.75) is 20.3 Å². The molecule has 1 rings (SSSR count). The van der Waals surface area contributed by atoms with Crippen molar-refractivity contribution in [1.29, 1.82) is 0 Å². The van der Waals surface area contributed by atoms with Crippen molar-refractivity contribution in [2.75, 3.05) is 0 Å². The molecule has 0 bridgehead atoms. The molecule has 0 aromatic heterocycles. The van der Waals surface area contributed by atoms with Gasteiger partial charge in [0.05, 0.1) is 11.9 Å². The second-order valence-electron chi connectivity index (χ2n) is 2.71. The van der Waals surface area contributed by atoms with Crippen LogP contribution in [-0.2, 0) is 0 Å². The number of hydrogen-bond donors (Lipinski definition) is 1. The smallest absolute Gasteiger partial charge is 0.120 e. The van der Waals surface area contributed by atoms with E-state index in [-0.39, 0.29) is 0 Å². The van der Waals surface area contributed by atoms with E-state index in [1.165, 1.54) is 0 Å². The Bertz CT molecular complexity index is 197. The van der Waals surface area contributed by atoms with Crippen molar-refractivity contribution in [2.24, 2.45) is 16.0 Å². The zero-order chi connectivity index (χ0) is 7.40. The zero-order valence-electron chi connectivity index (χ0n) is 6.26. The molecule has 10 heavy (non-hydrogen) atoms. The summed E-state index contributed by atoms with van der Waals surface area (Å²) >= 11 is 0. The predicted octanol–water partition coefficient (Wildman–Crippen LogP) is 1.57. The number of hydrazone groups is 1. The summed E-state index contributed by atoms with van der Waals surface area (Å²) in [5.74, 6) is 0.641. The number of aliphatic imine (C=N–C) groups is 1. The predicted molar refractivity (Wildman–Crippen MR) is 40.5 cm³/mol. The molecule has 0 atom stereocenters. The molecular formula is C7H11N3. The molecule has 3 heteroatoms. The third-order valence-corrected chi connectivity index (χ3v) is 1.16. The molecule has 0 aliphatic carbocycles. The second kappa shape index (κ2) is 3.18. The average Bonchev–Trinajstić information content (AvgIpc) is 1.88. The standard InChI is InChI=1S/C7H11N3/c1-6(2)3-7-4-8-5-9-10-7/h4,6,10H,3H2,1-2H3. The molecule has 3 nitrogen and oxygen atoms in total. The van der Waals surface area contributed by atoms with Crippen LogP contribution in [0.3, 0.4) is 0 Å². The molecule has 1 heterocycles. The molecule has 0 radical (unpaired) electrons. The number of nitrogens with one attached hydrogen (secondary N) is 1. The van der Waals surface area contributed by atoms with Gasteiger partial charge in [-0.1, -0.05) is 13.8 Å². The molecule has 1 aliphatic heterocycles. The summed E-state index contributed by atoms with van der Waals surface area (Å²) in [5.41, 5.74) is 3.90. The van der Waals surface area contributed by atoms with Gasteiger partial charge in [0.25, 0.3) is 0 Å². The van der Waals surface area contributed by atoms with Crippen LogP contribution in [0.2, 0.25) is 0 Å². The third kappa shape index (κ3) is 2.03. The monoisotopic (exact) mass is 137 g/mol. The van der Waals surface area contributed by atoms with Crippen LogP contribution < -0.4 is 5.43 Å². The Labute approximate surface area is 60.5 Å². The van der Waals surface area contributed by atoms with Gasteiger partial charge in [-0.2, -0.15) is 4.99 Å². The van der Waals surface area contributed by atoms with E-state index in [2.05, 4.69) is 35.4 Å². The number of rotatable bonds is 2. The molecule has 54 valence electrons. The minimum absolute atomic E-state index is 0.641. The highest BCUT2D eigenvalue weighted by atomic mass is 15.3. The van der Waals surface area contributed by atoms with Gasteiger partial charge < -0.3 is 0 Å². The van der Waals surface area contributed by atoms with Gasteiger partial charge in [-0.3, -0.25) is 5.43 Å². The Hall–Kier alpha value is -1.08. The number of hydrogen-bond acceptors (Lipinski definition) is 3. The maximum Gasteiger partial charge on any atom is 0.120 e. The first-order valence-electron chi connectivity index (χ1n) is 3.38. The quantitative estimate of drug-likeness (QED) is 0.616. The average molecular weight is 137 g/mol. The van der Waals surface area contributed by atoms with Crippen molar-refractivity contribution in [3.8, 4) is 0 Å². The summed E-state index contributed by atoms with van der Waals surface area (Å²) in [5, 5.41) is 3.68. The largest absolute Gasteiger partial charge is 0.271 e. The van der Waals surface area contributed by atoms with Gasteiger partial charge in [0, 0.05) is 0 Å². The lowest BCUT2D eigenvalue weighted by atomic mass is 10.1. The van der Waals surface area contributed by atoms with E-state index in [9.17, 15) is 0 Å². The Morgan fingerprint density at radius 2 is 2.50 bits per heavy atom. The highest BCUT2D eigenvalue weighted by Crippen LogP contribution is 2.08. The topological polar surface area (TPSA) is 36.8 Å². The molecule has 0 unspecified atom stereocenters. The fraction of sp³-hybridized carbons (Fsp3) is 0.571. The summed E-state index contributed by atoms with van der Waals surface area (Å²) in [7, 11) is 0. The maximum absolute atomic E-state index is 3.77. The van der Waals surface area contributed by atoms with E-state index in [0.717, 1.165) is 12.1 Å². The van der Waals surface area contributed by atoms with Gasteiger partial charge in [0.15, 0.2) is 0 Å². The summed E-state index contributed by atoms with van der Waals surface area (Å²) in [4.78, 5) is 3.77. The molecule has 0 saturated carbocycles. The van der Waals surface area contributed by atoms with Crippen molar-refractivity contribution in [1.82, 2.24) is 5.43 Å². The molecule has 0 fully saturated rings. The van der Waals surface area contributed by atoms with Crippen LogP contribution in [0.4, 0.5) is 0 Å². The van der Waals surface area contributed by atoms with Crippen LogP contribution in [0.25, 0.3) is 0 Å². The highest BCUT2D eigenvalue weighted by molar-refractivity contribution is 5.44. The van der Waals surface area contributed by atoms with Crippen LogP contribution in [0.1, 0.15) is 20.3 Å². The van der Waals surface area contributed by atoms with E-state index >= 15 is 0 Å². The normalized spacial score (nSPS) is 15.3. The van der Waals surface area contributed by atoms with E-state index < -0.39 is 0 Å². The van der Waals surface area contributed by atoms with Crippen molar-refractivity contribution >= 4 is 6.01 Å². The summed E-state index contributed by atoms with van der Waals surface area (Å²) in [6.45, 7) is 4.31. The Morgan fingerprint density at radius 3 is 3.00 bits per heavy atom. The van der Waals surface area contributed by atoms with Crippen LogP contribution in [0.5, 0.6) is 0 Å². The second-order valence-corrected chi connectivity index (χ2v) is 2.71. The van der Waals surface area contributed by atoms with Crippen LogP contribution in [0, 0.1) is 5.92 Å². The van der Waals surface area contributed by atoms with Gasteiger partial charge in [-0.25, -0.2) is 0 Å². The molecular weight excluding hydrogens is 126 g/mol. The molecule has 0 amide bonds. The van der Waals surface area contributed by atoms with E-state index in [1.54, 1.807) is 6.20 Å². The van der Waals surface area contributed by atoms with Gasteiger partial charge in [0.2, 0.25) is 0 Å². The van der Waals surface area contributed by atoms with Crippen LogP contribution in [-0.4, -0.2) is 6.01 Å². The van der Waals surface area contributed by atoms with Crippen molar-refractivity contribution < 1.29 is 0 Å².